The van der Waals surface area contributed by atoms with E-state index in [9.17, 15) is 9.59 Å². The first kappa shape index (κ1) is 9.88. The van der Waals surface area contributed by atoms with Crippen LogP contribution in [0.3, 0.4) is 0 Å². The zero-order valence-corrected chi connectivity index (χ0v) is 6.91. The molecule has 0 aromatic rings. The van der Waals surface area contributed by atoms with Gasteiger partial charge in [0, 0.05) is 13.0 Å². The lowest BCUT2D eigenvalue weighted by Crippen LogP contribution is -2.37. The topological polar surface area (TPSA) is 37.4 Å². The van der Waals surface area contributed by atoms with Gasteiger partial charge >= 0.3 is 0 Å². The molecule has 1 atom stereocenters. The van der Waals surface area contributed by atoms with Gasteiger partial charge in [-0.3, -0.25) is 4.79 Å². The molecule has 0 saturated heterocycles. The molecule has 0 aliphatic carbocycles. The van der Waals surface area contributed by atoms with Gasteiger partial charge in [0.15, 0.2) is 0 Å². The summed E-state index contributed by atoms with van der Waals surface area (Å²) in [6, 6.07) is -0.0716. The zero-order valence-electron chi connectivity index (χ0n) is 6.91. The Hall–Kier alpha value is -1.12. The van der Waals surface area contributed by atoms with Gasteiger partial charge in [0.25, 0.3) is 0 Å². The molecular weight excluding hydrogens is 142 g/mol. The van der Waals surface area contributed by atoms with E-state index in [1.807, 2.05) is 6.92 Å². The van der Waals surface area contributed by atoms with Gasteiger partial charge in [-0.1, -0.05) is 6.08 Å². The molecule has 0 aromatic carbocycles. The third-order valence-corrected chi connectivity index (χ3v) is 1.51. The van der Waals surface area contributed by atoms with E-state index in [0.717, 1.165) is 0 Å². The Morgan fingerprint density at radius 2 is 2.27 bits per heavy atom. The summed E-state index contributed by atoms with van der Waals surface area (Å²) in [5, 5.41) is 0. The molecule has 0 fully saturated rings. The number of hydrogen-bond acceptors (Lipinski definition) is 2. The molecule has 1 unspecified atom stereocenters. The predicted molar refractivity (Wildman–Crippen MR) is 43.1 cm³/mol. The Bertz CT molecular complexity index is 165. The first-order valence-corrected chi connectivity index (χ1v) is 3.47. The van der Waals surface area contributed by atoms with Gasteiger partial charge in [0.1, 0.15) is 6.29 Å². The number of hydrogen-bond donors (Lipinski definition) is 0. The van der Waals surface area contributed by atoms with E-state index in [4.69, 9.17) is 0 Å². The molecule has 1 amide bonds. The standard InChI is InChI=1S/C8H13NO2/c1-4-7(2)9(5-6-10)8(3)11/h4,6-7H,1,5H2,2-3H3. The second-order valence-electron chi connectivity index (χ2n) is 2.31. The lowest BCUT2D eigenvalue weighted by atomic mass is 10.3. The molecule has 0 bridgehead atoms. The van der Waals surface area contributed by atoms with Gasteiger partial charge in [0.05, 0.1) is 6.54 Å². The molecule has 62 valence electrons. The first-order valence-electron chi connectivity index (χ1n) is 3.47. The molecule has 0 aliphatic rings. The SMILES string of the molecule is C=CC(C)N(CC=O)C(C)=O. The summed E-state index contributed by atoms with van der Waals surface area (Å²) in [4.78, 5) is 22.4. The summed E-state index contributed by atoms with van der Waals surface area (Å²) in [6.07, 6.45) is 2.34. The second-order valence-corrected chi connectivity index (χ2v) is 2.31. The Labute approximate surface area is 66.7 Å². The van der Waals surface area contributed by atoms with Crippen LogP contribution >= 0.6 is 0 Å². The van der Waals surface area contributed by atoms with Crippen molar-refractivity contribution in [2.45, 2.75) is 19.9 Å². The minimum Gasteiger partial charge on any atom is -0.330 e. The van der Waals surface area contributed by atoms with Crippen LogP contribution in [0.5, 0.6) is 0 Å². The van der Waals surface area contributed by atoms with Crippen molar-refractivity contribution >= 4 is 12.2 Å². The van der Waals surface area contributed by atoms with Gasteiger partial charge in [-0.15, -0.1) is 6.58 Å². The smallest absolute Gasteiger partial charge is 0.220 e. The van der Waals surface area contributed by atoms with Crippen LogP contribution in [0, 0.1) is 0 Å². The highest BCUT2D eigenvalue weighted by atomic mass is 16.2. The third-order valence-electron chi connectivity index (χ3n) is 1.51. The molecule has 0 heterocycles. The van der Waals surface area contributed by atoms with Crippen molar-refractivity contribution in [1.82, 2.24) is 4.90 Å². The highest BCUT2D eigenvalue weighted by molar-refractivity contribution is 5.76. The Morgan fingerprint density at radius 1 is 1.73 bits per heavy atom. The normalized spacial score (nSPS) is 11.8. The van der Waals surface area contributed by atoms with E-state index in [-0.39, 0.29) is 18.5 Å². The molecule has 3 nitrogen and oxygen atoms in total. The maximum absolute atomic E-state index is 10.9. The molecule has 0 radical (unpaired) electrons. The van der Waals surface area contributed by atoms with Gasteiger partial charge in [-0.2, -0.15) is 0 Å². The largest absolute Gasteiger partial charge is 0.330 e. The molecule has 0 spiro atoms. The van der Waals surface area contributed by atoms with Crippen molar-refractivity contribution < 1.29 is 9.59 Å². The van der Waals surface area contributed by atoms with Gasteiger partial charge < -0.3 is 9.69 Å². The number of rotatable bonds is 4. The molecule has 0 N–H and O–H groups in total. The van der Waals surface area contributed by atoms with E-state index in [1.54, 1.807) is 6.08 Å². The van der Waals surface area contributed by atoms with Crippen LogP contribution in [0.4, 0.5) is 0 Å². The van der Waals surface area contributed by atoms with Crippen molar-refractivity contribution in [3.8, 4) is 0 Å². The van der Waals surface area contributed by atoms with Crippen molar-refractivity contribution in [2.75, 3.05) is 6.54 Å². The van der Waals surface area contributed by atoms with Gasteiger partial charge in [-0.25, -0.2) is 0 Å². The lowest BCUT2D eigenvalue weighted by molar-refractivity contribution is -0.132. The van der Waals surface area contributed by atoms with Crippen molar-refractivity contribution in [3.05, 3.63) is 12.7 Å². The van der Waals surface area contributed by atoms with Crippen molar-refractivity contribution in [2.24, 2.45) is 0 Å². The van der Waals surface area contributed by atoms with E-state index in [2.05, 4.69) is 6.58 Å². The van der Waals surface area contributed by atoms with Gasteiger partial charge in [-0.05, 0) is 6.92 Å². The number of carbonyl (C=O) groups excluding carboxylic acids is 2. The molecule has 0 rings (SSSR count). The Balaban J connectivity index is 4.19. The Morgan fingerprint density at radius 3 is 2.55 bits per heavy atom. The van der Waals surface area contributed by atoms with Gasteiger partial charge in [0.2, 0.25) is 5.91 Å². The van der Waals surface area contributed by atoms with Crippen LogP contribution in [0.1, 0.15) is 13.8 Å². The number of aldehydes is 1. The van der Waals surface area contributed by atoms with E-state index >= 15 is 0 Å². The van der Waals surface area contributed by atoms with Crippen molar-refractivity contribution in [1.29, 1.82) is 0 Å². The zero-order chi connectivity index (χ0) is 8.85. The van der Waals surface area contributed by atoms with Crippen LogP contribution in [-0.4, -0.2) is 29.7 Å². The average molecular weight is 155 g/mol. The summed E-state index contributed by atoms with van der Waals surface area (Å²) < 4.78 is 0. The van der Waals surface area contributed by atoms with Crippen LogP contribution in [0.25, 0.3) is 0 Å². The van der Waals surface area contributed by atoms with Crippen LogP contribution in [0.15, 0.2) is 12.7 Å². The molecule has 0 aromatic heterocycles. The summed E-state index contributed by atoms with van der Waals surface area (Å²) in [7, 11) is 0. The monoisotopic (exact) mass is 155 g/mol. The molecule has 3 heteroatoms. The fourth-order valence-electron chi connectivity index (χ4n) is 0.789. The fourth-order valence-corrected chi connectivity index (χ4v) is 0.789. The molecule has 0 aliphatic heterocycles. The molecule has 11 heavy (non-hydrogen) atoms. The number of carbonyl (C=O) groups is 2. The lowest BCUT2D eigenvalue weighted by Gasteiger charge is -2.22. The summed E-state index contributed by atoms with van der Waals surface area (Å²) >= 11 is 0. The first-order chi connectivity index (χ1) is 5.13. The summed E-state index contributed by atoms with van der Waals surface area (Å²) in [5.41, 5.74) is 0. The highest BCUT2D eigenvalue weighted by Gasteiger charge is 2.11. The minimum absolute atomic E-state index is 0.0716. The van der Waals surface area contributed by atoms with Crippen molar-refractivity contribution in [3.63, 3.8) is 0 Å². The number of amides is 1. The summed E-state index contributed by atoms with van der Waals surface area (Å²) in [6.45, 7) is 6.93. The Kier molecular flexibility index (Phi) is 4.18. The highest BCUT2D eigenvalue weighted by Crippen LogP contribution is 1.98. The fraction of sp³-hybridized carbons (Fsp3) is 0.500. The van der Waals surface area contributed by atoms with E-state index in [0.29, 0.717) is 6.29 Å². The molecule has 0 saturated carbocycles. The molecular formula is C8H13NO2. The maximum atomic E-state index is 10.9. The third kappa shape index (κ3) is 2.98. The second kappa shape index (κ2) is 4.66. The van der Waals surface area contributed by atoms with Crippen LogP contribution < -0.4 is 0 Å². The average Bonchev–Trinajstić information content (AvgIpc) is 1.98. The van der Waals surface area contributed by atoms with Crippen LogP contribution in [-0.2, 0) is 9.59 Å². The van der Waals surface area contributed by atoms with E-state index < -0.39 is 0 Å². The van der Waals surface area contributed by atoms with E-state index in [1.165, 1.54) is 11.8 Å². The van der Waals surface area contributed by atoms with Crippen LogP contribution in [0.2, 0.25) is 0 Å². The minimum atomic E-state index is -0.107. The number of nitrogens with zero attached hydrogens (tertiary/aromatic N) is 1. The predicted octanol–water partition coefficient (Wildman–Crippen LogP) is 0.608. The quantitative estimate of drug-likeness (QED) is 0.440. The maximum Gasteiger partial charge on any atom is 0.220 e. The summed E-state index contributed by atoms with van der Waals surface area (Å²) in [5.74, 6) is -0.107.